The van der Waals surface area contributed by atoms with E-state index in [1.54, 1.807) is 0 Å². The first-order valence-corrected chi connectivity index (χ1v) is 8.12. The summed E-state index contributed by atoms with van der Waals surface area (Å²) in [5, 5.41) is 1.03. The van der Waals surface area contributed by atoms with Gasteiger partial charge in [0.2, 0.25) is 5.13 Å². The lowest BCUT2D eigenvalue weighted by atomic mass is 10.2. The van der Waals surface area contributed by atoms with E-state index in [2.05, 4.69) is 53.1 Å². The summed E-state index contributed by atoms with van der Waals surface area (Å²) in [5.74, 6) is 1.91. The van der Waals surface area contributed by atoms with Gasteiger partial charge in [-0.15, -0.1) is 0 Å². The molecule has 0 bridgehead atoms. The van der Waals surface area contributed by atoms with E-state index in [9.17, 15) is 0 Å². The Bertz CT molecular complexity index is 607. The number of hydrogen-bond donors (Lipinski definition) is 0. The maximum atomic E-state index is 4.50. The fraction of sp³-hybridized carbons (Fsp3) is 0.462. The summed E-state index contributed by atoms with van der Waals surface area (Å²) in [7, 11) is 0. The average Bonchev–Trinajstić information content (AvgIpc) is 2.89. The second-order valence-electron chi connectivity index (χ2n) is 4.89. The number of nitrogens with zero attached hydrogens (tertiary/aromatic N) is 5. The Morgan fingerprint density at radius 2 is 1.85 bits per heavy atom. The van der Waals surface area contributed by atoms with E-state index >= 15 is 0 Å². The molecule has 3 heterocycles. The normalized spacial score (nSPS) is 15.8. The number of rotatable bonds is 2. The van der Waals surface area contributed by atoms with Crippen LogP contribution in [0.2, 0.25) is 0 Å². The summed E-state index contributed by atoms with van der Waals surface area (Å²) in [6, 6.07) is 2.13. The predicted molar refractivity (Wildman–Crippen MR) is 85.7 cm³/mol. The Morgan fingerprint density at radius 3 is 2.45 bits per heavy atom. The van der Waals surface area contributed by atoms with Crippen LogP contribution in [0.1, 0.15) is 11.4 Å². The third kappa shape index (κ3) is 2.78. The van der Waals surface area contributed by atoms with Crippen LogP contribution in [0.3, 0.4) is 0 Å². The van der Waals surface area contributed by atoms with Crippen LogP contribution < -0.4 is 9.80 Å². The lowest BCUT2D eigenvalue weighted by Crippen LogP contribution is -2.46. The first-order chi connectivity index (χ1) is 9.63. The van der Waals surface area contributed by atoms with Gasteiger partial charge in [0, 0.05) is 48.4 Å². The number of hydrogen-bond acceptors (Lipinski definition) is 6. The first-order valence-electron chi connectivity index (χ1n) is 6.56. The minimum Gasteiger partial charge on any atom is -0.353 e. The van der Waals surface area contributed by atoms with Crippen LogP contribution in [0.5, 0.6) is 0 Å². The largest absolute Gasteiger partial charge is 0.353 e. The molecule has 1 saturated heterocycles. The quantitative estimate of drug-likeness (QED) is 0.830. The van der Waals surface area contributed by atoms with Crippen LogP contribution in [0.25, 0.3) is 0 Å². The molecule has 1 aliphatic heterocycles. The Balaban J connectivity index is 1.67. The summed E-state index contributed by atoms with van der Waals surface area (Å²) in [6.45, 7) is 7.89. The maximum Gasteiger partial charge on any atom is 0.205 e. The SMILES string of the molecule is Cc1nsc(N2CCN(c3cc(C)c(Br)cn3)CC2)n1. The summed E-state index contributed by atoms with van der Waals surface area (Å²) >= 11 is 4.97. The molecule has 0 amide bonds. The van der Waals surface area contributed by atoms with Gasteiger partial charge in [-0.2, -0.15) is 4.37 Å². The topological polar surface area (TPSA) is 45.2 Å². The lowest BCUT2D eigenvalue weighted by molar-refractivity contribution is 0.645. The van der Waals surface area contributed by atoms with Crippen LogP contribution >= 0.6 is 27.5 Å². The monoisotopic (exact) mass is 353 g/mol. The van der Waals surface area contributed by atoms with Crippen molar-refractivity contribution in [3.63, 3.8) is 0 Å². The molecule has 2 aromatic heterocycles. The second-order valence-corrected chi connectivity index (χ2v) is 6.47. The van der Waals surface area contributed by atoms with E-state index in [-0.39, 0.29) is 0 Å². The van der Waals surface area contributed by atoms with E-state index in [1.165, 1.54) is 17.1 Å². The summed E-state index contributed by atoms with van der Waals surface area (Å²) in [4.78, 5) is 13.6. The van der Waals surface area contributed by atoms with Crippen LogP contribution in [0.15, 0.2) is 16.7 Å². The van der Waals surface area contributed by atoms with E-state index in [1.807, 2.05) is 13.1 Å². The molecule has 0 saturated carbocycles. The molecule has 3 rings (SSSR count). The molecular weight excluding hydrogens is 338 g/mol. The molecule has 0 aromatic carbocycles. The van der Waals surface area contributed by atoms with E-state index < -0.39 is 0 Å². The molecule has 0 atom stereocenters. The molecule has 1 aliphatic rings. The van der Waals surface area contributed by atoms with Crippen molar-refractivity contribution in [3.05, 3.63) is 28.1 Å². The first kappa shape index (κ1) is 13.8. The fourth-order valence-electron chi connectivity index (χ4n) is 2.24. The maximum absolute atomic E-state index is 4.50. The number of anilines is 2. The zero-order valence-electron chi connectivity index (χ0n) is 11.5. The minimum atomic E-state index is 0.859. The van der Waals surface area contributed by atoms with Crippen LogP contribution in [-0.4, -0.2) is 40.5 Å². The van der Waals surface area contributed by atoms with Gasteiger partial charge in [0.1, 0.15) is 11.6 Å². The highest BCUT2D eigenvalue weighted by Gasteiger charge is 2.20. The van der Waals surface area contributed by atoms with Crippen molar-refractivity contribution in [1.29, 1.82) is 0 Å². The molecular formula is C13H16BrN5S. The van der Waals surface area contributed by atoms with E-state index in [0.717, 1.165) is 47.4 Å². The molecule has 0 radical (unpaired) electrons. The molecule has 0 unspecified atom stereocenters. The van der Waals surface area contributed by atoms with Crippen LogP contribution in [-0.2, 0) is 0 Å². The molecule has 20 heavy (non-hydrogen) atoms. The Kier molecular flexibility index (Phi) is 3.89. The van der Waals surface area contributed by atoms with Crippen molar-refractivity contribution in [2.45, 2.75) is 13.8 Å². The van der Waals surface area contributed by atoms with E-state index in [4.69, 9.17) is 0 Å². The van der Waals surface area contributed by atoms with Crippen molar-refractivity contribution in [2.24, 2.45) is 0 Å². The molecule has 0 N–H and O–H groups in total. The van der Waals surface area contributed by atoms with Gasteiger partial charge in [0.05, 0.1) is 0 Å². The zero-order chi connectivity index (χ0) is 14.1. The Morgan fingerprint density at radius 1 is 1.15 bits per heavy atom. The van der Waals surface area contributed by atoms with Crippen molar-refractivity contribution >= 4 is 38.4 Å². The fourth-order valence-corrected chi connectivity index (χ4v) is 3.18. The molecule has 7 heteroatoms. The average molecular weight is 354 g/mol. The van der Waals surface area contributed by atoms with Crippen molar-refractivity contribution < 1.29 is 0 Å². The number of piperazine rings is 1. The Labute approximate surface area is 130 Å². The second kappa shape index (κ2) is 5.65. The summed E-state index contributed by atoms with van der Waals surface area (Å²) < 4.78 is 5.31. The number of halogens is 1. The molecule has 0 aliphatic carbocycles. The van der Waals surface area contributed by atoms with Crippen LogP contribution in [0, 0.1) is 13.8 Å². The highest BCUT2D eigenvalue weighted by atomic mass is 79.9. The Hall–Kier alpha value is -1.21. The number of aryl methyl sites for hydroxylation is 2. The highest BCUT2D eigenvalue weighted by molar-refractivity contribution is 9.10. The number of pyridine rings is 1. The van der Waals surface area contributed by atoms with Crippen molar-refractivity contribution in [3.8, 4) is 0 Å². The van der Waals surface area contributed by atoms with Gasteiger partial charge in [-0.1, -0.05) is 0 Å². The third-order valence-electron chi connectivity index (χ3n) is 3.42. The molecule has 2 aromatic rings. The van der Waals surface area contributed by atoms with Crippen molar-refractivity contribution in [2.75, 3.05) is 36.0 Å². The number of aromatic nitrogens is 3. The minimum absolute atomic E-state index is 0.859. The van der Waals surface area contributed by atoms with Crippen molar-refractivity contribution in [1.82, 2.24) is 14.3 Å². The molecule has 106 valence electrons. The smallest absolute Gasteiger partial charge is 0.205 e. The van der Waals surface area contributed by atoms with Gasteiger partial charge in [-0.05, 0) is 41.4 Å². The lowest BCUT2D eigenvalue weighted by Gasteiger charge is -2.35. The molecule has 1 fully saturated rings. The van der Waals surface area contributed by atoms with Gasteiger partial charge >= 0.3 is 0 Å². The standard InChI is InChI=1S/C13H16BrN5S/c1-9-7-12(15-8-11(9)14)18-3-5-19(6-4-18)13-16-10(2)17-20-13/h7-8H,3-6H2,1-2H3. The van der Waals surface area contributed by atoms with Gasteiger partial charge in [0.25, 0.3) is 0 Å². The summed E-state index contributed by atoms with van der Waals surface area (Å²) in [5.41, 5.74) is 1.22. The summed E-state index contributed by atoms with van der Waals surface area (Å²) in [6.07, 6.45) is 1.88. The van der Waals surface area contributed by atoms with Crippen LogP contribution in [0.4, 0.5) is 10.9 Å². The molecule has 5 nitrogen and oxygen atoms in total. The van der Waals surface area contributed by atoms with E-state index in [0.29, 0.717) is 0 Å². The van der Waals surface area contributed by atoms with Gasteiger partial charge in [0.15, 0.2) is 0 Å². The highest BCUT2D eigenvalue weighted by Crippen LogP contribution is 2.23. The molecule has 0 spiro atoms. The van der Waals surface area contributed by atoms with Gasteiger partial charge in [-0.3, -0.25) is 0 Å². The van der Waals surface area contributed by atoms with Gasteiger partial charge < -0.3 is 9.80 Å². The third-order valence-corrected chi connectivity index (χ3v) is 5.12. The predicted octanol–water partition coefficient (Wildman–Crippen LogP) is 2.64. The van der Waals surface area contributed by atoms with Gasteiger partial charge in [-0.25, -0.2) is 9.97 Å². The zero-order valence-corrected chi connectivity index (χ0v) is 13.9.